The van der Waals surface area contributed by atoms with E-state index in [4.69, 9.17) is 10.3 Å². The Kier molecular flexibility index (Phi) is 2.34. The Balaban J connectivity index is 2.70. The van der Waals surface area contributed by atoms with E-state index in [1.165, 1.54) is 0 Å². The molecule has 0 unspecified atom stereocenters. The molecule has 0 saturated carbocycles. The van der Waals surface area contributed by atoms with Gasteiger partial charge in [-0.1, -0.05) is 5.16 Å². The highest BCUT2D eigenvalue weighted by molar-refractivity contribution is 5.71. The number of nitrogens with zero attached hydrogens (tertiary/aromatic N) is 1. The predicted molar refractivity (Wildman–Crippen MR) is 62.2 cm³/mol. The van der Waals surface area contributed by atoms with Crippen molar-refractivity contribution in [1.29, 1.82) is 0 Å². The van der Waals surface area contributed by atoms with E-state index in [1.807, 2.05) is 20.8 Å². The molecule has 4 heteroatoms. The van der Waals surface area contributed by atoms with Gasteiger partial charge in [0.2, 0.25) is 5.88 Å². The summed E-state index contributed by atoms with van der Waals surface area (Å²) >= 11 is 0. The standard InChI is InChI=1S/C12H14N2O2/c1-6-4-10(15)7(2)8(3)12(6)9-5-11(13)16-14-9/h4-5,15H,13H2,1-3H3. The van der Waals surface area contributed by atoms with Crippen molar-refractivity contribution in [3.05, 3.63) is 28.8 Å². The van der Waals surface area contributed by atoms with Crippen molar-refractivity contribution in [2.24, 2.45) is 0 Å². The number of rotatable bonds is 1. The Bertz CT molecular complexity index is 544. The van der Waals surface area contributed by atoms with Crippen molar-refractivity contribution >= 4 is 5.88 Å². The van der Waals surface area contributed by atoms with Crippen molar-refractivity contribution in [2.45, 2.75) is 20.8 Å². The molecule has 2 rings (SSSR count). The van der Waals surface area contributed by atoms with Crippen LogP contribution in [0.4, 0.5) is 5.88 Å². The number of anilines is 1. The molecule has 0 aliphatic heterocycles. The fraction of sp³-hybridized carbons (Fsp3) is 0.250. The normalized spacial score (nSPS) is 10.7. The molecule has 0 aliphatic carbocycles. The van der Waals surface area contributed by atoms with Gasteiger partial charge in [-0.05, 0) is 43.5 Å². The maximum atomic E-state index is 9.69. The fourth-order valence-corrected chi connectivity index (χ4v) is 1.86. The van der Waals surface area contributed by atoms with E-state index in [0.29, 0.717) is 17.3 Å². The van der Waals surface area contributed by atoms with Gasteiger partial charge in [0.05, 0.1) is 0 Å². The lowest BCUT2D eigenvalue weighted by molar-refractivity contribution is 0.439. The van der Waals surface area contributed by atoms with E-state index in [1.54, 1.807) is 12.1 Å². The molecular weight excluding hydrogens is 204 g/mol. The number of benzene rings is 1. The molecule has 4 nitrogen and oxygen atoms in total. The lowest BCUT2D eigenvalue weighted by Crippen LogP contribution is -1.92. The molecule has 1 heterocycles. The minimum atomic E-state index is 0.291. The summed E-state index contributed by atoms with van der Waals surface area (Å²) in [6, 6.07) is 3.41. The molecule has 0 spiro atoms. The van der Waals surface area contributed by atoms with Gasteiger partial charge < -0.3 is 15.4 Å². The van der Waals surface area contributed by atoms with Gasteiger partial charge in [0.25, 0.3) is 0 Å². The average Bonchev–Trinajstić information content (AvgIpc) is 2.61. The van der Waals surface area contributed by atoms with Gasteiger partial charge in [-0.3, -0.25) is 0 Å². The number of hydrogen-bond acceptors (Lipinski definition) is 4. The molecular formula is C12H14N2O2. The van der Waals surface area contributed by atoms with Crippen molar-refractivity contribution < 1.29 is 9.63 Å². The zero-order valence-electron chi connectivity index (χ0n) is 9.53. The minimum Gasteiger partial charge on any atom is -0.508 e. The summed E-state index contributed by atoms with van der Waals surface area (Å²) in [4.78, 5) is 0. The summed E-state index contributed by atoms with van der Waals surface area (Å²) < 4.78 is 4.86. The van der Waals surface area contributed by atoms with E-state index in [2.05, 4.69) is 5.16 Å². The van der Waals surface area contributed by atoms with Gasteiger partial charge in [-0.25, -0.2) is 0 Å². The Labute approximate surface area is 93.7 Å². The van der Waals surface area contributed by atoms with Crippen LogP contribution in [0.15, 0.2) is 16.7 Å². The average molecular weight is 218 g/mol. The number of nitrogen functional groups attached to an aromatic ring is 1. The molecule has 0 amide bonds. The van der Waals surface area contributed by atoms with Gasteiger partial charge in [-0.2, -0.15) is 0 Å². The fourth-order valence-electron chi connectivity index (χ4n) is 1.86. The van der Waals surface area contributed by atoms with E-state index >= 15 is 0 Å². The second kappa shape index (κ2) is 3.56. The second-order valence-corrected chi connectivity index (χ2v) is 3.95. The van der Waals surface area contributed by atoms with E-state index in [9.17, 15) is 5.11 Å². The largest absolute Gasteiger partial charge is 0.508 e. The van der Waals surface area contributed by atoms with Crippen molar-refractivity contribution in [3.8, 4) is 17.0 Å². The van der Waals surface area contributed by atoms with E-state index in [-0.39, 0.29) is 0 Å². The van der Waals surface area contributed by atoms with Gasteiger partial charge in [0.1, 0.15) is 11.4 Å². The number of nitrogens with two attached hydrogens (primary N) is 1. The Morgan fingerprint density at radius 3 is 2.44 bits per heavy atom. The third-order valence-electron chi connectivity index (χ3n) is 2.85. The maximum Gasteiger partial charge on any atom is 0.222 e. The summed E-state index contributed by atoms with van der Waals surface area (Å²) in [6.45, 7) is 5.74. The number of aromatic nitrogens is 1. The third kappa shape index (κ3) is 1.52. The highest BCUT2D eigenvalue weighted by Gasteiger charge is 2.14. The number of aryl methyl sites for hydroxylation is 1. The quantitative estimate of drug-likeness (QED) is 0.771. The van der Waals surface area contributed by atoms with Gasteiger partial charge in [-0.15, -0.1) is 0 Å². The SMILES string of the molecule is Cc1cc(O)c(C)c(C)c1-c1cc(N)on1. The molecule has 1 aromatic heterocycles. The molecule has 84 valence electrons. The molecule has 1 aromatic carbocycles. The molecule has 2 aromatic rings. The first-order valence-electron chi connectivity index (χ1n) is 5.03. The summed E-state index contributed by atoms with van der Waals surface area (Å²) in [5, 5.41) is 13.6. The van der Waals surface area contributed by atoms with Crippen molar-refractivity contribution in [3.63, 3.8) is 0 Å². The van der Waals surface area contributed by atoms with E-state index < -0.39 is 0 Å². The lowest BCUT2D eigenvalue weighted by atomic mass is 9.95. The number of hydrogen-bond donors (Lipinski definition) is 2. The first kappa shape index (κ1) is 10.5. The first-order chi connectivity index (χ1) is 7.50. The van der Waals surface area contributed by atoms with Crippen molar-refractivity contribution in [1.82, 2.24) is 5.16 Å². The third-order valence-corrected chi connectivity index (χ3v) is 2.85. The molecule has 0 atom stereocenters. The molecule has 3 N–H and O–H groups in total. The molecule has 0 saturated heterocycles. The summed E-state index contributed by atoms with van der Waals surface area (Å²) in [6.07, 6.45) is 0. The van der Waals surface area contributed by atoms with Crippen LogP contribution < -0.4 is 5.73 Å². The van der Waals surface area contributed by atoms with Crippen LogP contribution >= 0.6 is 0 Å². The van der Waals surface area contributed by atoms with Gasteiger partial charge in [0, 0.05) is 11.6 Å². The summed E-state index contributed by atoms with van der Waals surface area (Å²) in [5.41, 5.74) is 9.97. The monoisotopic (exact) mass is 218 g/mol. The second-order valence-electron chi connectivity index (χ2n) is 3.95. The number of phenols is 1. The molecule has 0 aliphatic rings. The zero-order valence-corrected chi connectivity index (χ0v) is 9.53. The molecule has 0 fully saturated rings. The zero-order chi connectivity index (χ0) is 11.9. The highest BCUT2D eigenvalue weighted by Crippen LogP contribution is 2.33. The molecule has 0 bridgehead atoms. The van der Waals surface area contributed by atoms with Crippen LogP contribution in [0.5, 0.6) is 5.75 Å². The molecule has 16 heavy (non-hydrogen) atoms. The Hall–Kier alpha value is -1.97. The van der Waals surface area contributed by atoms with Crippen LogP contribution in [0.25, 0.3) is 11.3 Å². The van der Waals surface area contributed by atoms with Crippen LogP contribution in [0.3, 0.4) is 0 Å². The van der Waals surface area contributed by atoms with Gasteiger partial charge >= 0.3 is 0 Å². The summed E-state index contributed by atoms with van der Waals surface area (Å²) in [5.74, 6) is 0.592. The Morgan fingerprint density at radius 1 is 1.19 bits per heavy atom. The Morgan fingerprint density at radius 2 is 1.88 bits per heavy atom. The number of aromatic hydroxyl groups is 1. The van der Waals surface area contributed by atoms with Crippen LogP contribution in [-0.4, -0.2) is 10.3 Å². The first-order valence-corrected chi connectivity index (χ1v) is 5.03. The van der Waals surface area contributed by atoms with Crippen molar-refractivity contribution in [2.75, 3.05) is 5.73 Å². The topological polar surface area (TPSA) is 72.3 Å². The number of phenolic OH excluding ortho intramolecular Hbond substituents is 1. The van der Waals surface area contributed by atoms with Crippen LogP contribution in [0, 0.1) is 20.8 Å². The maximum absolute atomic E-state index is 9.69. The van der Waals surface area contributed by atoms with Gasteiger partial charge in [0.15, 0.2) is 0 Å². The predicted octanol–water partition coefficient (Wildman–Crippen LogP) is 2.55. The van der Waals surface area contributed by atoms with Crippen LogP contribution in [-0.2, 0) is 0 Å². The smallest absolute Gasteiger partial charge is 0.222 e. The minimum absolute atomic E-state index is 0.291. The van der Waals surface area contributed by atoms with Crippen LogP contribution in [0.1, 0.15) is 16.7 Å². The summed E-state index contributed by atoms with van der Waals surface area (Å²) in [7, 11) is 0. The lowest BCUT2D eigenvalue weighted by Gasteiger charge is -2.11. The highest BCUT2D eigenvalue weighted by atomic mass is 16.5. The molecule has 0 radical (unpaired) electrons. The van der Waals surface area contributed by atoms with E-state index in [0.717, 1.165) is 22.3 Å². The van der Waals surface area contributed by atoms with Crippen LogP contribution in [0.2, 0.25) is 0 Å².